The van der Waals surface area contributed by atoms with Crippen LogP contribution in [0.3, 0.4) is 0 Å². The van der Waals surface area contributed by atoms with Gasteiger partial charge in [-0.1, -0.05) is 17.7 Å². The SMILES string of the molecule is Cl.NC1CCN(Cc2c(F)cccc2Cl)CC1. The second kappa shape index (κ2) is 6.55. The van der Waals surface area contributed by atoms with Crippen LogP contribution in [0.5, 0.6) is 0 Å². The zero-order valence-electron chi connectivity index (χ0n) is 9.53. The third-order valence-electron chi connectivity index (χ3n) is 3.08. The summed E-state index contributed by atoms with van der Waals surface area (Å²) < 4.78 is 13.5. The largest absolute Gasteiger partial charge is 0.328 e. The first-order chi connectivity index (χ1) is 7.66. The highest BCUT2D eigenvalue weighted by Crippen LogP contribution is 2.22. The van der Waals surface area contributed by atoms with Crippen molar-refractivity contribution in [3.63, 3.8) is 0 Å². The van der Waals surface area contributed by atoms with Crippen molar-refractivity contribution in [2.24, 2.45) is 5.73 Å². The molecular formula is C12H17Cl2FN2. The van der Waals surface area contributed by atoms with Gasteiger partial charge in [0.1, 0.15) is 5.82 Å². The first-order valence-corrected chi connectivity index (χ1v) is 5.95. The first-order valence-electron chi connectivity index (χ1n) is 5.57. The number of halogens is 3. The lowest BCUT2D eigenvalue weighted by atomic mass is 10.1. The predicted molar refractivity (Wildman–Crippen MR) is 71.1 cm³/mol. The van der Waals surface area contributed by atoms with Crippen LogP contribution in [0.25, 0.3) is 0 Å². The molecule has 0 atom stereocenters. The molecule has 2 N–H and O–H groups in total. The molecule has 0 bridgehead atoms. The molecule has 96 valence electrons. The third kappa shape index (κ3) is 3.81. The van der Waals surface area contributed by atoms with E-state index in [2.05, 4.69) is 4.90 Å². The van der Waals surface area contributed by atoms with E-state index in [0.29, 0.717) is 23.2 Å². The number of piperidine rings is 1. The Labute approximate surface area is 112 Å². The number of benzene rings is 1. The van der Waals surface area contributed by atoms with Crippen LogP contribution in [-0.2, 0) is 6.54 Å². The Morgan fingerprint density at radius 2 is 2.00 bits per heavy atom. The number of hydrogen-bond donors (Lipinski definition) is 1. The summed E-state index contributed by atoms with van der Waals surface area (Å²) in [5.74, 6) is -0.220. The van der Waals surface area contributed by atoms with Crippen molar-refractivity contribution in [2.75, 3.05) is 13.1 Å². The highest BCUT2D eigenvalue weighted by molar-refractivity contribution is 6.31. The molecule has 1 aliphatic rings. The summed E-state index contributed by atoms with van der Waals surface area (Å²) in [7, 11) is 0. The number of nitrogens with zero attached hydrogens (tertiary/aromatic N) is 1. The van der Waals surface area contributed by atoms with Gasteiger partial charge in [-0.3, -0.25) is 4.90 Å². The Kier molecular flexibility index (Phi) is 5.67. The van der Waals surface area contributed by atoms with Gasteiger partial charge in [-0.05, 0) is 38.1 Å². The first kappa shape index (κ1) is 14.7. The molecule has 1 fully saturated rings. The van der Waals surface area contributed by atoms with Gasteiger partial charge < -0.3 is 5.73 Å². The Morgan fingerprint density at radius 1 is 1.35 bits per heavy atom. The number of rotatable bonds is 2. The Hall–Kier alpha value is -0.350. The van der Waals surface area contributed by atoms with E-state index in [1.165, 1.54) is 6.07 Å². The Morgan fingerprint density at radius 3 is 2.59 bits per heavy atom. The number of likely N-dealkylation sites (tertiary alicyclic amines) is 1. The van der Waals surface area contributed by atoms with Crippen molar-refractivity contribution in [1.29, 1.82) is 0 Å². The molecule has 1 heterocycles. The van der Waals surface area contributed by atoms with Crippen molar-refractivity contribution >= 4 is 24.0 Å². The molecule has 17 heavy (non-hydrogen) atoms. The summed E-state index contributed by atoms with van der Waals surface area (Å²) in [6.07, 6.45) is 1.96. The highest BCUT2D eigenvalue weighted by Gasteiger charge is 2.18. The van der Waals surface area contributed by atoms with Crippen LogP contribution in [0, 0.1) is 5.82 Å². The van der Waals surface area contributed by atoms with E-state index in [0.717, 1.165) is 25.9 Å². The van der Waals surface area contributed by atoms with Gasteiger partial charge in [0.2, 0.25) is 0 Å². The van der Waals surface area contributed by atoms with Gasteiger partial charge in [0.05, 0.1) is 0 Å². The second-order valence-corrected chi connectivity index (χ2v) is 4.72. The van der Waals surface area contributed by atoms with E-state index in [1.54, 1.807) is 12.1 Å². The fourth-order valence-corrected chi connectivity index (χ4v) is 2.24. The third-order valence-corrected chi connectivity index (χ3v) is 3.43. The Bertz CT molecular complexity index is 345. The summed E-state index contributed by atoms with van der Waals surface area (Å²) >= 11 is 5.99. The highest BCUT2D eigenvalue weighted by atomic mass is 35.5. The van der Waals surface area contributed by atoms with E-state index in [-0.39, 0.29) is 18.2 Å². The van der Waals surface area contributed by atoms with Crippen molar-refractivity contribution in [3.8, 4) is 0 Å². The Balaban J connectivity index is 0.00000144. The van der Waals surface area contributed by atoms with Gasteiger partial charge in [-0.15, -0.1) is 12.4 Å². The minimum atomic E-state index is -0.220. The maximum atomic E-state index is 13.5. The maximum Gasteiger partial charge on any atom is 0.129 e. The van der Waals surface area contributed by atoms with Crippen molar-refractivity contribution in [2.45, 2.75) is 25.4 Å². The average Bonchev–Trinajstić information content (AvgIpc) is 2.26. The number of nitrogens with two attached hydrogens (primary N) is 1. The monoisotopic (exact) mass is 278 g/mol. The lowest BCUT2D eigenvalue weighted by Crippen LogP contribution is -2.39. The molecule has 1 aromatic carbocycles. The zero-order valence-corrected chi connectivity index (χ0v) is 11.1. The topological polar surface area (TPSA) is 29.3 Å². The fraction of sp³-hybridized carbons (Fsp3) is 0.500. The predicted octanol–water partition coefficient (Wildman–Crippen LogP) is 2.82. The van der Waals surface area contributed by atoms with Crippen LogP contribution in [0.15, 0.2) is 18.2 Å². The fourth-order valence-electron chi connectivity index (χ4n) is 2.02. The lowest BCUT2D eigenvalue weighted by Gasteiger charge is -2.30. The summed E-state index contributed by atoms with van der Waals surface area (Å²) in [6.45, 7) is 2.43. The molecular weight excluding hydrogens is 262 g/mol. The molecule has 1 aromatic rings. The molecule has 0 aromatic heterocycles. The molecule has 2 rings (SSSR count). The molecule has 0 unspecified atom stereocenters. The maximum absolute atomic E-state index is 13.5. The standard InChI is InChI=1S/C12H16ClFN2.ClH/c13-11-2-1-3-12(14)10(11)8-16-6-4-9(15)5-7-16;/h1-3,9H,4-8,15H2;1H. The molecule has 0 saturated carbocycles. The molecule has 0 amide bonds. The summed E-state index contributed by atoms with van der Waals surface area (Å²) in [4.78, 5) is 2.20. The molecule has 2 nitrogen and oxygen atoms in total. The zero-order chi connectivity index (χ0) is 11.5. The van der Waals surface area contributed by atoms with Crippen LogP contribution in [0.1, 0.15) is 18.4 Å². The van der Waals surface area contributed by atoms with Gasteiger partial charge in [-0.2, -0.15) is 0 Å². The van der Waals surface area contributed by atoms with E-state index >= 15 is 0 Å². The van der Waals surface area contributed by atoms with Crippen molar-refractivity contribution < 1.29 is 4.39 Å². The van der Waals surface area contributed by atoms with Crippen molar-refractivity contribution in [3.05, 3.63) is 34.6 Å². The molecule has 0 aliphatic carbocycles. The normalized spacial score (nSPS) is 17.8. The van der Waals surface area contributed by atoms with Crippen molar-refractivity contribution in [1.82, 2.24) is 4.90 Å². The van der Waals surface area contributed by atoms with E-state index in [4.69, 9.17) is 17.3 Å². The summed E-state index contributed by atoms with van der Waals surface area (Å²) in [5, 5.41) is 0.509. The van der Waals surface area contributed by atoms with Crippen LogP contribution < -0.4 is 5.73 Å². The van der Waals surface area contributed by atoms with Crippen LogP contribution in [0.4, 0.5) is 4.39 Å². The molecule has 0 radical (unpaired) electrons. The van der Waals surface area contributed by atoms with Gasteiger partial charge in [0, 0.05) is 23.2 Å². The minimum Gasteiger partial charge on any atom is -0.328 e. The number of hydrogen-bond acceptors (Lipinski definition) is 2. The summed E-state index contributed by atoms with van der Waals surface area (Å²) in [5.41, 5.74) is 6.42. The smallest absolute Gasteiger partial charge is 0.129 e. The second-order valence-electron chi connectivity index (χ2n) is 4.31. The molecule has 0 spiro atoms. The van der Waals surface area contributed by atoms with Gasteiger partial charge >= 0.3 is 0 Å². The van der Waals surface area contributed by atoms with E-state index in [1.807, 2.05) is 0 Å². The van der Waals surface area contributed by atoms with Gasteiger partial charge in [-0.25, -0.2) is 4.39 Å². The van der Waals surface area contributed by atoms with Crippen LogP contribution >= 0.6 is 24.0 Å². The summed E-state index contributed by atoms with van der Waals surface area (Å²) in [6, 6.07) is 5.12. The molecule has 1 saturated heterocycles. The van der Waals surface area contributed by atoms with E-state index in [9.17, 15) is 4.39 Å². The molecule has 5 heteroatoms. The molecule has 1 aliphatic heterocycles. The lowest BCUT2D eigenvalue weighted by molar-refractivity contribution is 0.203. The average molecular weight is 279 g/mol. The van der Waals surface area contributed by atoms with Gasteiger partial charge in [0.15, 0.2) is 0 Å². The van der Waals surface area contributed by atoms with Gasteiger partial charge in [0.25, 0.3) is 0 Å². The van der Waals surface area contributed by atoms with Crippen LogP contribution in [0.2, 0.25) is 5.02 Å². The quantitative estimate of drug-likeness (QED) is 0.902. The minimum absolute atomic E-state index is 0. The van der Waals surface area contributed by atoms with Crippen LogP contribution in [-0.4, -0.2) is 24.0 Å². The van der Waals surface area contributed by atoms with E-state index < -0.39 is 0 Å².